The van der Waals surface area contributed by atoms with Gasteiger partial charge in [0.2, 0.25) is 0 Å². The van der Waals surface area contributed by atoms with Crippen LogP contribution in [0.15, 0.2) is 29.3 Å². The number of ether oxygens (including phenoxy) is 1. The second kappa shape index (κ2) is 8.98. The highest BCUT2D eigenvalue weighted by Crippen LogP contribution is 2.52. The number of carboxylic acid groups (broad SMARTS) is 1. The topological polar surface area (TPSA) is 140 Å². The first kappa shape index (κ1) is 21.4. The number of esters is 1. The van der Waals surface area contributed by atoms with Gasteiger partial charge in [-0.3, -0.25) is 14.6 Å². The molecular weight excluding hydrogens is 372 g/mol. The zero-order valence-corrected chi connectivity index (χ0v) is 16.8. The van der Waals surface area contributed by atoms with E-state index in [9.17, 15) is 14.7 Å². The number of nitrogens with zero attached hydrogens (tertiary/aromatic N) is 1. The molecule has 3 fully saturated rings. The van der Waals surface area contributed by atoms with Crippen LogP contribution in [0.4, 0.5) is 0 Å². The van der Waals surface area contributed by atoms with E-state index in [1.54, 1.807) is 0 Å². The zero-order chi connectivity index (χ0) is 21.1. The molecule has 6 N–H and O–H groups in total. The van der Waals surface area contributed by atoms with Crippen LogP contribution in [0.3, 0.4) is 0 Å². The van der Waals surface area contributed by atoms with Gasteiger partial charge in [-0.25, -0.2) is 0 Å². The maximum Gasteiger partial charge on any atom is 0.320 e. The normalized spacial score (nSPS) is 32.1. The van der Waals surface area contributed by atoms with E-state index in [2.05, 4.69) is 23.5 Å². The molecule has 0 spiro atoms. The number of rotatable bonds is 8. The Morgan fingerprint density at radius 1 is 1.28 bits per heavy atom. The van der Waals surface area contributed by atoms with Crippen molar-refractivity contribution in [3.63, 3.8) is 0 Å². The van der Waals surface area contributed by atoms with E-state index in [0.717, 1.165) is 31.3 Å². The van der Waals surface area contributed by atoms with Gasteiger partial charge in [-0.1, -0.05) is 24.3 Å². The molecule has 0 radical (unpaired) electrons. The first-order valence-electron chi connectivity index (χ1n) is 10.4. The molecule has 0 unspecified atom stereocenters. The number of carbonyl (C=O) groups is 2. The van der Waals surface area contributed by atoms with E-state index in [-0.39, 0.29) is 42.3 Å². The lowest BCUT2D eigenvalue weighted by molar-refractivity contribution is -0.146. The molecule has 0 aromatic carbocycles. The monoisotopic (exact) mass is 404 g/mol. The predicted molar refractivity (Wildman–Crippen MR) is 110 cm³/mol. The molecule has 1 saturated heterocycles. The minimum Gasteiger partial charge on any atom is -0.480 e. The van der Waals surface area contributed by atoms with Crippen LogP contribution >= 0.6 is 0 Å². The molecule has 2 aliphatic carbocycles. The molecule has 0 aromatic heterocycles. The number of nitrogens with two attached hydrogens (primary N) is 2. The second-order valence-corrected chi connectivity index (χ2v) is 8.45. The average molecular weight is 405 g/mol. The number of aliphatic imine (C=N–C) groups is 1. The molecule has 8 heteroatoms. The third-order valence-electron chi connectivity index (χ3n) is 6.68. The van der Waals surface area contributed by atoms with Crippen LogP contribution in [0, 0.1) is 23.7 Å². The van der Waals surface area contributed by atoms with Crippen LogP contribution in [0.5, 0.6) is 0 Å². The molecule has 1 heterocycles. The van der Waals surface area contributed by atoms with E-state index in [0.29, 0.717) is 25.3 Å². The Hall–Kier alpha value is -2.35. The molecule has 6 atom stereocenters. The van der Waals surface area contributed by atoms with E-state index in [4.69, 9.17) is 16.2 Å². The van der Waals surface area contributed by atoms with Crippen LogP contribution in [-0.4, -0.2) is 48.2 Å². The summed E-state index contributed by atoms with van der Waals surface area (Å²) in [5, 5.41) is 12.6. The van der Waals surface area contributed by atoms with Crippen molar-refractivity contribution in [3.8, 4) is 0 Å². The Morgan fingerprint density at radius 2 is 2.00 bits per heavy atom. The number of carboxylic acids is 1. The number of guanidine groups is 1. The highest BCUT2D eigenvalue weighted by Gasteiger charge is 2.53. The van der Waals surface area contributed by atoms with Crippen LogP contribution in [-0.2, 0) is 14.3 Å². The summed E-state index contributed by atoms with van der Waals surface area (Å²) in [5.41, 5.74) is 13.0. The van der Waals surface area contributed by atoms with E-state index >= 15 is 0 Å². The van der Waals surface area contributed by atoms with Gasteiger partial charge in [0.05, 0.1) is 5.92 Å². The van der Waals surface area contributed by atoms with E-state index in [1.807, 2.05) is 0 Å². The third kappa shape index (κ3) is 4.63. The zero-order valence-electron chi connectivity index (χ0n) is 16.8. The van der Waals surface area contributed by atoms with Crippen molar-refractivity contribution in [2.45, 2.75) is 50.7 Å². The number of nitrogens with one attached hydrogen (secondary N) is 1. The Morgan fingerprint density at radius 3 is 2.69 bits per heavy atom. The number of fused-ring (bicyclic) bond motifs is 3. The molecule has 0 bridgehead atoms. The summed E-state index contributed by atoms with van der Waals surface area (Å²) in [6, 6.07) is -0.758. The largest absolute Gasteiger partial charge is 0.480 e. The Kier molecular flexibility index (Phi) is 6.62. The molecule has 29 heavy (non-hydrogen) atoms. The minimum absolute atomic E-state index is 0.00802. The summed E-state index contributed by atoms with van der Waals surface area (Å²) >= 11 is 0. The summed E-state index contributed by atoms with van der Waals surface area (Å²) in [6.07, 6.45) is 4.44. The number of hydrogen-bond donors (Lipinski definition) is 4. The Bertz CT molecular complexity index is 715. The van der Waals surface area contributed by atoms with Gasteiger partial charge in [0, 0.05) is 24.9 Å². The second-order valence-electron chi connectivity index (χ2n) is 8.45. The molecule has 3 aliphatic rings. The lowest BCUT2D eigenvalue weighted by Crippen LogP contribution is -2.42. The summed E-state index contributed by atoms with van der Waals surface area (Å²) in [4.78, 5) is 28.1. The summed E-state index contributed by atoms with van der Waals surface area (Å²) in [7, 11) is 0. The van der Waals surface area contributed by atoms with E-state index in [1.165, 1.54) is 5.57 Å². The number of allylic oxidation sites excluding steroid dienone is 1. The lowest BCUT2D eigenvalue weighted by atomic mass is 9.79. The first-order valence-corrected chi connectivity index (χ1v) is 10.4. The molecular formula is C21H32N4O4. The summed E-state index contributed by atoms with van der Waals surface area (Å²) in [5.74, 6) is -0.976. The highest BCUT2D eigenvalue weighted by molar-refractivity contribution is 5.77. The van der Waals surface area contributed by atoms with Crippen LogP contribution in [0.25, 0.3) is 0 Å². The fraction of sp³-hybridized carbons (Fsp3) is 0.667. The average Bonchev–Trinajstić information content (AvgIpc) is 3.14. The smallest absolute Gasteiger partial charge is 0.320 e. The first-order chi connectivity index (χ1) is 13.8. The van der Waals surface area contributed by atoms with Gasteiger partial charge in [-0.15, -0.1) is 0 Å². The molecule has 0 amide bonds. The quantitative estimate of drug-likeness (QED) is 0.156. The Balaban J connectivity index is 1.63. The van der Waals surface area contributed by atoms with Crippen molar-refractivity contribution >= 4 is 17.9 Å². The molecule has 3 rings (SSSR count). The number of carbonyl (C=O) groups excluding carboxylic acids is 1. The lowest BCUT2D eigenvalue weighted by Gasteiger charge is -2.27. The molecule has 0 aromatic rings. The van der Waals surface area contributed by atoms with Crippen LogP contribution < -0.4 is 16.8 Å². The van der Waals surface area contributed by atoms with Crippen LogP contribution in [0.2, 0.25) is 0 Å². The van der Waals surface area contributed by atoms with E-state index < -0.39 is 12.0 Å². The third-order valence-corrected chi connectivity index (χ3v) is 6.68. The van der Waals surface area contributed by atoms with Gasteiger partial charge in [0.15, 0.2) is 5.96 Å². The molecule has 2 saturated carbocycles. The van der Waals surface area contributed by atoms with Gasteiger partial charge in [0.1, 0.15) is 12.1 Å². The fourth-order valence-corrected chi connectivity index (χ4v) is 5.17. The van der Waals surface area contributed by atoms with Crippen molar-refractivity contribution in [2.75, 3.05) is 13.1 Å². The standard InChI is InChI=1S/C21H32N4O4/c1-11-5-8-14-15(10-25-16(19(26)27)4-3-9-24-21(22)23)20(28)29-18(14)17-12(2)6-7-13(11)17/h13-18,25H,1-10H2,(H,26,27)(H4,22,23,24)/t13-,14-,15-,16-,17-,18-/m0/s1. The van der Waals surface area contributed by atoms with Crippen molar-refractivity contribution in [2.24, 2.45) is 40.1 Å². The minimum atomic E-state index is -0.948. The van der Waals surface area contributed by atoms with Crippen molar-refractivity contribution in [1.29, 1.82) is 0 Å². The van der Waals surface area contributed by atoms with Crippen molar-refractivity contribution in [1.82, 2.24) is 5.32 Å². The molecule has 160 valence electrons. The maximum absolute atomic E-state index is 12.6. The predicted octanol–water partition coefficient (Wildman–Crippen LogP) is 1.17. The fourth-order valence-electron chi connectivity index (χ4n) is 5.17. The Labute approximate surface area is 171 Å². The maximum atomic E-state index is 12.6. The van der Waals surface area contributed by atoms with Crippen molar-refractivity contribution < 1.29 is 19.4 Å². The van der Waals surface area contributed by atoms with Gasteiger partial charge < -0.3 is 26.6 Å². The summed E-state index contributed by atoms with van der Waals surface area (Å²) in [6.45, 7) is 9.15. The number of aliphatic carboxylic acids is 1. The molecule has 8 nitrogen and oxygen atoms in total. The van der Waals surface area contributed by atoms with Gasteiger partial charge >= 0.3 is 11.9 Å². The van der Waals surface area contributed by atoms with Crippen LogP contribution in [0.1, 0.15) is 38.5 Å². The highest BCUT2D eigenvalue weighted by atomic mass is 16.6. The van der Waals surface area contributed by atoms with Gasteiger partial charge in [-0.05, 0) is 44.4 Å². The molecule has 1 aliphatic heterocycles. The van der Waals surface area contributed by atoms with Gasteiger partial charge in [0.25, 0.3) is 0 Å². The number of hydrogen-bond acceptors (Lipinski definition) is 5. The summed E-state index contributed by atoms with van der Waals surface area (Å²) < 4.78 is 5.83. The SMILES string of the molecule is C=C1CC[C@H]2C(=C)CC[C@@H]3[C@H](OC(=O)[C@H]3CN[C@@H](CCCN=C(N)N)C(=O)O)[C@@H]12. The van der Waals surface area contributed by atoms with Crippen molar-refractivity contribution in [3.05, 3.63) is 24.3 Å². The van der Waals surface area contributed by atoms with Gasteiger partial charge in [-0.2, -0.15) is 0 Å².